The second kappa shape index (κ2) is 6.30. The number of amides is 1. The first-order valence-corrected chi connectivity index (χ1v) is 11.2. The van der Waals surface area contributed by atoms with Gasteiger partial charge in [-0.15, -0.1) is 5.10 Å². The molecule has 4 saturated carbocycles. The average molecular weight is 425 g/mol. The van der Waals surface area contributed by atoms with Crippen molar-refractivity contribution in [3.05, 3.63) is 35.9 Å². The third-order valence-corrected chi connectivity index (χ3v) is 7.83. The molecule has 0 radical (unpaired) electrons. The maximum Gasteiger partial charge on any atom is 0.242 e. The van der Waals surface area contributed by atoms with Crippen LogP contribution in [0.2, 0.25) is 5.28 Å². The van der Waals surface area contributed by atoms with Crippen LogP contribution in [-0.4, -0.2) is 30.2 Å². The third kappa shape index (κ3) is 2.57. The fraction of sp³-hybridized carbons (Fsp3) is 0.545. The lowest BCUT2D eigenvalue weighted by Crippen LogP contribution is -2.60. The van der Waals surface area contributed by atoms with Gasteiger partial charge in [0.2, 0.25) is 17.1 Å². The first-order valence-electron chi connectivity index (χ1n) is 10.8. The number of carbonyl (C=O) groups excluding carboxylic acids is 1. The zero-order valence-corrected chi connectivity index (χ0v) is 17.8. The third-order valence-electron chi connectivity index (χ3n) is 7.66. The Morgan fingerprint density at radius 1 is 1.23 bits per heavy atom. The van der Waals surface area contributed by atoms with Gasteiger partial charge in [-0.2, -0.15) is 0 Å². The number of nitrogens with zero attached hydrogens (tertiary/aromatic N) is 5. The maximum absolute atomic E-state index is 13.8. The smallest absolute Gasteiger partial charge is 0.242 e. The molecule has 8 heteroatoms. The lowest BCUT2D eigenvalue weighted by atomic mass is 9.46. The summed E-state index contributed by atoms with van der Waals surface area (Å²) in [5.41, 5.74) is 1.44. The Kier molecular flexibility index (Phi) is 3.85. The Balaban J connectivity index is 1.36. The number of nitrogens with one attached hydrogen (secondary N) is 1. The number of imidazole rings is 1. The molecule has 0 unspecified atom stereocenters. The van der Waals surface area contributed by atoms with Crippen LogP contribution in [0.3, 0.4) is 0 Å². The Hall–Kier alpha value is -2.41. The molecular formula is C22H25ClN6O. The number of halogens is 1. The molecule has 0 spiro atoms. The quantitative estimate of drug-likeness (QED) is 0.679. The Bertz CT molecular complexity index is 1140. The summed E-state index contributed by atoms with van der Waals surface area (Å²) < 4.78 is 4.04. The number of hydrogen-bond acceptors (Lipinski definition) is 4. The largest absolute Gasteiger partial charge is 0.310 e. The summed E-state index contributed by atoms with van der Waals surface area (Å²) >= 11 is 6.04. The molecule has 7 nitrogen and oxygen atoms in total. The second-order valence-corrected chi connectivity index (χ2v) is 9.88. The Labute approximate surface area is 179 Å². The predicted molar refractivity (Wildman–Crippen MR) is 114 cm³/mol. The molecule has 3 aromatic rings. The van der Waals surface area contributed by atoms with E-state index in [-0.39, 0.29) is 22.1 Å². The molecule has 4 aliphatic carbocycles. The van der Waals surface area contributed by atoms with E-state index in [2.05, 4.69) is 33.0 Å². The van der Waals surface area contributed by atoms with Crippen LogP contribution in [0.1, 0.15) is 45.4 Å². The number of para-hydroxylation sites is 2. The number of fused-ring (bicyclic) bond motifs is 1. The summed E-state index contributed by atoms with van der Waals surface area (Å²) in [6.07, 6.45) is 7.78. The molecular weight excluding hydrogens is 400 g/mol. The molecule has 4 bridgehead atoms. The van der Waals surface area contributed by atoms with E-state index in [4.69, 9.17) is 16.6 Å². The van der Waals surface area contributed by atoms with Crippen molar-refractivity contribution in [1.82, 2.24) is 24.3 Å². The van der Waals surface area contributed by atoms with Gasteiger partial charge in [-0.25, -0.2) is 14.6 Å². The highest BCUT2D eigenvalue weighted by Gasteiger charge is 2.61. The molecule has 4 fully saturated rings. The van der Waals surface area contributed by atoms with Gasteiger partial charge in [0.1, 0.15) is 6.33 Å². The molecule has 156 valence electrons. The summed E-state index contributed by atoms with van der Waals surface area (Å²) in [5.74, 6) is 1.85. The maximum atomic E-state index is 13.8. The van der Waals surface area contributed by atoms with E-state index < -0.39 is 0 Å². The zero-order valence-electron chi connectivity index (χ0n) is 17.0. The minimum absolute atomic E-state index is 0.109. The van der Waals surface area contributed by atoms with Crippen LogP contribution >= 0.6 is 11.6 Å². The lowest BCUT2D eigenvalue weighted by Gasteiger charge is -2.60. The Morgan fingerprint density at radius 3 is 2.70 bits per heavy atom. The van der Waals surface area contributed by atoms with Crippen LogP contribution in [0.5, 0.6) is 0 Å². The molecule has 4 aliphatic rings. The van der Waals surface area contributed by atoms with E-state index >= 15 is 0 Å². The van der Waals surface area contributed by atoms with Crippen molar-refractivity contribution >= 4 is 34.5 Å². The molecule has 0 aliphatic heterocycles. The second-order valence-electron chi connectivity index (χ2n) is 9.55. The highest BCUT2D eigenvalue weighted by molar-refractivity contribution is 6.28. The van der Waals surface area contributed by atoms with E-state index in [0.717, 1.165) is 49.7 Å². The standard InChI is InChI=1S/C22H25ClN6O/c1-2-28-17-6-4-3-5-16(17)25-20(28)26-18(30)21-8-14-7-15(9-21)11-22(10-14,12-21)29-13-24-19(23)27-29/h3-6,13-15H,2,7-12H2,1H3,(H,25,26,30)/t14-,15-,21?,22?/m0/s1. The summed E-state index contributed by atoms with van der Waals surface area (Å²) in [7, 11) is 0. The summed E-state index contributed by atoms with van der Waals surface area (Å²) in [4.78, 5) is 22.6. The topological polar surface area (TPSA) is 77.6 Å². The first-order chi connectivity index (χ1) is 14.5. The van der Waals surface area contributed by atoms with Crippen LogP contribution in [-0.2, 0) is 16.9 Å². The van der Waals surface area contributed by atoms with Gasteiger partial charge in [0.25, 0.3) is 0 Å². The van der Waals surface area contributed by atoms with E-state index in [1.807, 2.05) is 22.9 Å². The van der Waals surface area contributed by atoms with Crippen molar-refractivity contribution in [2.45, 2.75) is 57.5 Å². The van der Waals surface area contributed by atoms with Gasteiger partial charge in [-0.3, -0.25) is 10.1 Å². The summed E-state index contributed by atoms with van der Waals surface area (Å²) in [6, 6.07) is 8.03. The normalized spacial score (nSPS) is 32.1. The van der Waals surface area contributed by atoms with Crippen LogP contribution < -0.4 is 5.32 Å². The van der Waals surface area contributed by atoms with Crippen molar-refractivity contribution in [2.75, 3.05) is 5.32 Å². The van der Waals surface area contributed by atoms with Gasteiger partial charge >= 0.3 is 0 Å². The predicted octanol–water partition coefficient (Wildman–Crippen LogP) is 4.24. The van der Waals surface area contributed by atoms with Crippen molar-refractivity contribution in [1.29, 1.82) is 0 Å². The molecule has 2 aromatic heterocycles. The van der Waals surface area contributed by atoms with Crippen molar-refractivity contribution in [2.24, 2.45) is 17.3 Å². The van der Waals surface area contributed by atoms with Gasteiger partial charge in [0.15, 0.2) is 0 Å². The monoisotopic (exact) mass is 424 g/mol. The molecule has 1 amide bonds. The molecule has 1 N–H and O–H groups in total. The fourth-order valence-corrected chi connectivity index (χ4v) is 7.07. The Morgan fingerprint density at radius 2 is 2.00 bits per heavy atom. The van der Waals surface area contributed by atoms with Gasteiger partial charge in [0.05, 0.1) is 22.0 Å². The molecule has 7 rings (SSSR count). The van der Waals surface area contributed by atoms with Gasteiger partial charge in [-0.1, -0.05) is 12.1 Å². The SMILES string of the molecule is CCn1c(NC(=O)C23C[C@@H]4C[C@@H](C2)CC(n2cnc(Cl)n2)(C4)C3)nc2ccccc21. The number of aryl methyl sites for hydroxylation is 1. The minimum atomic E-state index is -0.376. The summed E-state index contributed by atoms with van der Waals surface area (Å²) in [6.45, 7) is 2.84. The van der Waals surface area contributed by atoms with Gasteiger partial charge in [0, 0.05) is 6.54 Å². The number of anilines is 1. The molecule has 2 atom stereocenters. The first kappa shape index (κ1) is 18.4. The van der Waals surface area contributed by atoms with E-state index in [1.165, 1.54) is 6.42 Å². The van der Waals surface area contributed by atoms with Gasteiger partial charge in [-0.05, 0) is 81.0 Å². The highest BCUT2D eigenvalue weighted by atomic mass is 35.5. The van der Waals surface area contributed by atoms with Crippen molar-refractivity contribution < 1.29 is 4.79 Å². The van der Waals surface area contributed by atoms with E-state index in [9.17, 15) is 4.79 Å². The average Bonchev–Trinajstić information content (AvgIpc) is 3.30. The zero-order chi connectivity index (χ0) is 20.5. The van der Waals surface area contributed by atoms with Crippen LogP contribution in [0.25, 0.3) is 11.0 Å². The number of aromatic nitrogens is 5. The fourth-order valence-electron chi connectivity index (χ4n) is 6.94. The van der Waals surface area contributed by atoms with Crippen LogP contribution in [0, 0.1) is 17.3 Å². The lowest BCUT2D eigenvalue weighted by molar-refractivity contribution is -0.150. The van der Waals surface area contributed by atoms with Crippen LogP contribution in [0.4, 0.5) is 5.95 Å². The molecule has 1 aromatic carbocycles. The van der Waals surface area contributed by atoms with Crippen LogP contribution in [0.15, 0.2) is 30.6 Å². The summed E-state index contributed by atoms with van der Waals surface area (Å²) in [5, 5.41) is 7.96. The number of hydrogen-bond donors (Lipinski definition) is 1. The van der Waals surface area contributed by atoms with E-state index in [0.29, 0.717) is 17.8 Å². The van der Waals surface area contributed by atoms with Crippen molar-refractivity contribution in [3.63, 3.8) is 0 Å². The van der Waals surface area contributed by atoms with E-state index in [1.54, 1.807) is 6.33 Å². The number of benzene rings is 1. The molecule has 0 saturated heterocycles. The van der Waals surface area contributed by atoms with Gasteiger partial charge < -0.3 is 4.57 Å². The number of rotatable bonds is 4. The minimum Gasteiger partial charge on any atom is -0.310 e. The number of carbonyl (C=O) groups is 1. The molecule has 30 heavy (non-hydrogen) atoms. The molecule has 2 heterocycles. The van der Waals surface area contributed by atoms with Crippen molar-refractivity contribution in [3.8, 4) is 0 Å². The highest BCUT2D eigenvalue weighted by Crippen LogP contribution is 2.64.